The molecule has 0 saturated carbocycles. The lowest BCUT2D eigenvalue weighted by atomic mass is 9.98. The zero-order valence-electron chi connectivity index (χ0n) is 20.2. The Hall–Kier alpha value is -1.46. The van der Waals surface area contributed by atoms with Gasteiger partial charge in [0.15, 0.2) is 0 Å². The van der Waals surface area contributed by atoms with Gasteiger partial charge in [0.2, 0.25) is 21.8 Å². The fourth-order valence-electron chi connectivity index (χ4n) is 5.17. The summed E-state index contributed by atoms with van der Waals surface area (Å²) in [5, 5.41) is 1.06. The summed E-state index contributed by atoms with van der Waals surface area (Å²) in [5.74, 6) is 0.401. The molecule has 1 N–H and O–H groups in total. The van der Waals surface area contributed by atoms with Gasteiger partial charge in [-0.1, -0.05) is 18.5 Å². The lowest BCUT2D eigenvalue weighted by molar-refractivity contribution is -0.143. The van der Waals surface area contributed by atoms with Crippen LogP contribution in [0.1, 0.15) is 50.3 Å². The van der Waals surface area contributed by atoms with E-state index in [1.54, 1.807) is 12.1 Å². The highest BCUT2D eigenvalue weighted by atomic mass is 35.5. The van der Waals surface area contributed by atoms with Crippen molar-refractivity contribution in [2.45, 2.75) is 57.5 Å². The largest absolute Gasteiger partial charge is 0.337 e. The molecule has 11 heteroatoms. The van der Waals surface area contributed by atoms with Crippen molar-refractivity contribution in [1.29, 1.82) is 0 Å². The van der Waals surface area contributed by atoms with Gasteiger partial charge in [-0.2, -0.15) is 4.72 Å². The molecule has 2 atom stereocenters. The second-order valence-corrected chi connectivity index (χ2v) is 13.3. The Kier molecular flexibility index (Phi) is 8.91. The summed E-state index contributed by atoms with van der Waals surface area (Å²) in [6.45, 7) is 6.56. The average Bonchev–Trinajstić information content (AvgIpc) is 3.45. The van der Waals surface area contributed by atoms with Gasteiger partial charge in [0.05, 0.1) is 10.9 Å². The highest BCUT2D eigenvalue weighted by Gasteiger charge is 2.36. The number of likely N-dealkylation sites (tertiary alicyclic amines) is 3. The molecule has 4 heterocycles. The van der Waals surface area contributed by atoms with E-state index in [1.807, 2.05) is 4.90 Å². The third-order valence-corrected chi connectivity index (χ3v) is 9.52. The smallest absolute Gasteiger partial charge is 0.242 e. The summed E-state index contributed by atoms with van der Waals surface area (Å²) in [5.41, 5.74) is 0. The summed E-state index contributed by atoms with van der Waals surface area (Å²) in [6.07, 6.45) is 6.92. The maximum absolute atomic E-state index is 13.2. The number of thiophene rings is 1. The number of halogens is 1. The molecule has 3 fully saturated rings. The molecule has 8 nitrogen and oxygen atoms in total. The van der Waals surface area contributed by atoms with Crippen LogP contribution in [-0.2, 0) is 19.6 Å². The fourth-order valence-corrected chi connectivity index (χ4v) is 7.24. The predicted molar refractivity (Wildman–Crippen MR) is 140 cm³/mol. The molecule has 0 aliphatic carbocycles. The molecule has 2 amide bonds. The van der Waals surface area contributed by atoms with Gasteiger partial charge in [0, 0.05) is 36.0 Å². The SMILES string of the molecule is CC1CCN(CC2CCCN2C(=O)CN2CCCC(NS(=O)(=O)/C=C/c3ccc(Cl)s3)C2=O)CC1. The maximum Gasteiger partial charge on any atom is 0.242 e. The van der Waals surface area contributed by atoms with Crippen molar-refractivity contribution in [3.63, 3.8) is 0 Å². The summed E-state index contributed by atoms with van der Waals surface area (Å²) in [7, 11) is -3.82. The summed E-state index contributed by atoms with van der Waals surface area (Å²) in [6, 6.07) is 2.77. The van der Waals surface area contributed by atoms with E-state index in [9.17, 15) is 18.0 Å². The highest BCUT2D eigenvalue weighted by Crippen LogP contribution is 2.24. The van der Waals surface area contributed by atoms with Crippen molar-refractivity contribution in [3.8, 4) is 0 Å². The summed E-state index contributed by atoms with van der Waals surface area (Å²) in [4.78, 5) is 32.8. The molecular weight excluding hydrogens is 508 g/mol. The molecule has 4 rings (SSSR count). The topological polar surface area (TPSA) is 90.0 Å². The van der Waals surface area contributed by atoms with E-state index in [1.165, 1.54) is 35.2 Å². The molecular formula is C24H35ClN4O4S2. The van der Waals surface area contributed by atoms with E-state index < -0.39 is 16.1 Å². The quantitative estimate of drug-likeness (QED) is 0.545. The molecule has 2 unspecified atom stereocenters. The van der Waals surface area contributed by atoms with Crippen LogP contribution in [0.2, 0.25) is 4.34 Å². The van der Waals surface area contributed by atoms with Gasteiger partial charge in [-0.3, -0.25) is 9.59 Å². The summed E-state index contributed by atoms with van der Waals surface area (Å²) >= 11 is 7.16. The molecule has 0 bridgehead atoms. The molecule has 0 spiro atoms. The van der Waals surface area contributed by atoms with Crippen LogP contribution in [0.3, 0.4) is 0 Å². The number of nitrogens with zero attached hydrogens (tertiary/aromatic N) is 3. The Bertz CT molecular complexity index is 1040. The first-order valence-electron chi connectivity index (χ1n) is 12.5. The molecule has 3 saturated heterocycles. The van der Waals surface area contributed by atoms with E-state index in [0.29, 0.717) is 28.6 Å². The Morgan fingerprint density at radius 1 is 1.14 bits per heavy atom. The minimum atomic E-state index is -3.82. The Morgan fingerprint density at radius 2 is 1.89 bits per heavy atom. The van der Waals surface area contributed by atoms with Gasteiger partial charge >= 0.3 is 0 Å². The van der Waals surface area contributed by atoms with E-state index in [-0.39, 0.29) is 24.4 Å². The van der Waals surface area contributed by atoms with Gasteiger partial charge in [-0.15, -0.1) is 11.3 Å². The maximum atomic E-state index is 13.2. The van der Waals surface area contributed by atoms with Gasteiger partial charge in [0.25, 0.3) is 0 Å². The van der Waals surface area contributed by atoms with Crippen LogP contribution in [0.5, 0.6) is 0 Å². The first-order chi connectivity index (χ1) is 16.7. The van der Waals surface area contributed by atoms with Gasteiger partial charge in [-0.25, -0.2) is 8.42 Å². The number of nitrogens with one attached hydrogen (secondary N) is 1. The number of carbonyl (C=O) groups is 2. The Morgan fingerprint density at radius 3 is 2.60 bits per heavy atom. The Labute approximate surface area is 217 Å². The highest BCUT2D eigenvalue weighted by molar-refractivity contribution is 7.92. The van der Waals surface area contributed by atoms with Crippen LogP contribution in [0.25, 0.3) is 6.08 Å². The van der Waals surface area contributed by atoms with Gasteiger partial charge in [0.1, 0.15) is 6.04 Å². The normalized spacial score (nSPS) is 25.1. The average molecular weight is 543 g/mol. The summed E-state index contributed by atoms with van der Waals surface area (Å²) < 4.78 is 28.1. The van der Waals surface area contributed by atoms with Crippen molar-refractivity contribution in [3.05, 3.63) is 26.8 Å². The zero-order chi connectivity index (χ0) is 25.0. The van der Waals surface area contributed by atoms with Crippen LogP contribution in [0.15, 0.2) is 17.5 Å². The van der Waals surface area contributed by atoms with Gasteiger partial charge < -0.3 is 14.7 Å². The van der Waals surface area contributed by atoms with Crippen molar-refractivity contribution >= 4 is 50.9 Å². The van der Waals surface area contributed by atoms with Crippen molar-refractivity contribution in [1.82, 2.24) is 19.4 Å². The van der Waals surface area contributed by atoms with Crippen LogP contribution >= 0.6 is 22.9 Å². The Balaban J connectivity index is 1.31. The molecule has 0 aromatic carbocycles. The molecule has 1 aromatic heterocycles. The number of rotatable bonds is 8. The first kappa shape index (κ1) is 26.6. The van der Waals surface area contributed by atoms with Gasteiger partial charge in [-0.05, 0) is 75.7 Å². The van der Waals surface area contributed by atoms with E-state index >= 15 is 0 Å². The lowest BCUT2D eigenvalue weighted by Gasteiger charge is -2.36. The van der Waals surface area contributed by atoms with E-state index in [4.69, 9.17) is 11.6 Å². The van der Waals surface area contributed by atoms with Crippen LogP contribution < -0.4 is 4.72 Å². The number of carbonyl (C=O) groups excluding carboxylic acids is 2. The predicted octanol–water partition coefficient (Wildman–Crippen LogP) is 3.01. The third kappa shape index (κ3) is 7.29. The number of hydrogen-bond acceptors (Lipinski definition) is 6. The van der Waals surface area contributed by atoms with Crippen LogP contribution in [0.4, 0.5) is 0 Å². The standard InChI is InChI=1S/C24H35ClN4O4S2/c1-18-8-13-27(14-9-18)16-19-4-2-12-29(19)23(30)17-28-11-3-5-21(24(28)31)26-35(32,33)15-10-20-6-7-22(25)34-20/h6-7,10,15,18-19,21,26H,2-5,8-9,11-14,16-17H2,1H3/b15-10+. The molecule has 3 aliphatic heterocycles. The third-order valence-electron chi connectivity index (χ3n) is 7.21. The lowest BCUT2D eigenvalue weighted by Crippen LogP contribution is -2.55. The second kappa shape index (κ2) is 11.7. The minimum absolute atomic E-state index is 0.00806. The van der Waals surface area contributed by atoms with Crippen molar-refractivity contribution in [2.24, 2.45) is 5.92 Å². The number of hydrogen-bond donors (Lipinski definition) is 1. The monoisotopic (exact) mass is 542 g/mol. The zero-order valence-corrected chi connectivity index (χ0v) is 22.6. The number of sulfonamides is 1. The molecule has 194 valence electrons. The van der Waals surface area contributed by atoms with Crippen LogP contribution in [0, 0.1) is 5.92 Å². The fraction of sp³-hybridized carbons (Fsp3) is 0.667. The van der Waals surface area contributed by atoms with Crippen molar-refractivity contribution in [2.75, 3.05) is 39.3 Å². The van der Waals surface area contributed by atoms with Crippen LogP contribution in [-0.4, -0.2) is 86.3 Å². The minimum Gasteiger partial charge on any atom is -0.337 e. The van der Waals surface area contributed by atoms with E-state index in [0.717, 1.165) is 50.3 Å². The molecule has 0 radical (unpaired) electrons. The molecule has 1 aromatic rings. The van der Waals surface area contributed by atoms with E-state index in [2.05, 4.69) is 16.5 Å². The number of piperidine rings is 2. The molecule has 3 aliphatic rings. The second-order valence-electron chi connectivity index (χ2n) is 9.93. The van der Waals surface area contributed by atoms with Crippen molar-refractivity contribution < 1.29 is 18.0 Å². The first-order valence-corrected chi connectivity index (χ1v) is 15.2. The molecule has 35 heavy (non-hydrogen) atoms. The number of amides is 2.